The van der Waals surface area contributed by atoms with E-state index in [1.807, 2.05) is 91.0 Å². The van der Waals surface area contributed by atoms with E-state index in [-0.39, 0.29) is 5.57 Å². The van der Waals surface area contributed by atoms with E-state index >= 15 is 0 Å². The number of hydrogen-bond donors (Lipinski definition) is 0. The number of rotatable bonds is 4. The van der Waals surface area contributed by atoms with Crippen LogP contribution in [0.15, 0.2) is 103 Å². The first-order chi connectivity index (χ1) is 14.0. The summed E-state index contributed by atoms with van der Waals surface area (Å²) < 4.78 is 73.8. The van der Waals surface area contributed by atoms with Gasteiger partial charge in [0, 0.05) is 0 Å². The van der Waals surface area contributed by atoms with Crippen LogP contribution in [0.25, 0.3) is 0 Å². The second-order valence-corrected chi connectivity index (χ2v) is 10.7. The molecule has 3 rings (SSSR count). The molecule has 0 fully saturated rings. The summed E-state index contributed by atoms with van der Waals surface area (Å²) >= 11 is 0. The van der Waals surface area contributed by atoms with Crippen molar-refractivity contribution in [3.8, 4) is 0 Å². The van der Waals surface area contributed by atoms with E-state index in [9.17, 15) is 17.6 Å². The third-order valence-electron chi connectivity index (χ3n) is 4.08. The summed E-state index contributed by atoms with van der Waals surface area (Å²) in [4.78, 5) is 0. The van der Waals surface area contributed by atoms with E-state index in [0.717, 1.165) is 15.9 Å². The Morgan fingerprint density at radius 3 is 1.13 bits per heavy atom. The molecule has 3 aromatic rings. The third kappa shape index (κ3) is 5.14. The Kier molecular flexibility index (Phi) is 7.53. The smallest absolute Gasteiger partial charge is 0.485 e. The number of hydrogen-bond acceptors (Lipinski definition) is 3. The van der Waals surface area contributed by atoms with Crippen LogP contribution in [0, 0.1) is 0 Å². The van der Waals surface area contributed by atoms with Gasteiger partial charge in [-0.15, -0.1) is 0 Å². The Hall–Kier alpha value is -2.54. The summed E-state index contributed by atoms with van der Waals surface area (Å²) in [5.41, 5.74) is -5.91. The van der Waals surface area contributed by atoms with Crippen molar-refractivity contribution in [1.29, 1.82) is 0 Å². The molecule has 0 aliphatic heterocycles. The fraction of sp³-hybridized carbons (Fsp3) is 0.0476. The summed E-state index contributed by atoms with van der Waals surface area (Å²) in [5.74, 6) is 0. The summed E-state index contributed by atoms with van der Waals surface area (Å²) in [6.45, 7) is 3.74. The summed E-state index contributed by atoms with van der Waals surface area (Å²) in [5, 5.41) is 2.96. The van der Waals surface area contributed by atoms with Gasteiger partial charge in [-0.05, 0) is 43.0 Å². The lowest BCUT2D eigenvalue weighted by molar-refractivity contribution is -0.0517. The van der Waals surface area contributed by atoms with E-state index < -0.39 is 22.9 Å². The van der Waals surface area contributed by atoms with Crippen LogP contribution < -0.4 is 15.9 Å². The van der Waals surface area contributed by atoms with Gasteiger partial charge in [0.25, 0.3) is 0 Å². The highest BCUT2D eigenvalue weighted by Crippen LogP contribution is 2.62. The predicted molar refractivity (Wildman–Crippen MR) is 111 cm³/mol. The van der Waals surface area contributed by atoms with Gasteiger partial charge in [0.05, 0.1) is 0 Å². The second-order valence-electron chi connectivity index (χ2n) is 5.95. The van der Waals surface area contributed by atoms with Gasteiger partial charge in [-0.25, -0.2) is 8.42 Å². The summed E-state index contributed by atoms with van der Waals surface area (Å²) in [6, 6.07) is 29.6. The van der Waals surface area contributed by atoms with Crippen LogP contribution in [-0.2, 0) is 10.1 Å². The maximum atomic E-state index is 14.9. The lowest BCUT2D eigenvalue weighted by atomic mass is 10.4. The van der Waals surface area contributed by atoms with Crippen molar-refractivity contribution in [3.63, 3.8) is 0 Å². The Labute approximate surface area is 172 Å². The van der Waals surface area contributed by atoms with Crippen molar-refractivity contribution in [1.82, 2.24) is 0 Å². The molecule has 0 heterocycles. The normalized spacial score (nSPS) is 11.9. The van der Waals surface area contributed by atoms with Gasteiger partial charge in [0.1, 0.15) is 15.9 Å². The quantitative estimate of drug-likeness (QED) is 0.252. The van der Waals surface area contributed by atoms with Gasteiger partial charge in [0.15, 0.2) is 17.4 Å². The van der Waals surface area contributed by atoms with E-state index in [1.54, 1.807) is 0 Å². The Morgan fingerprint density at radius 1 is 0.733 bits per heavy atom. The molecule has 0 spiro atoms. The molecular formula is C21H17F4O3PS. The first-order valence-corrected chi connectivity index (χ1v) is 11.6. The summed E-state index contributed by atoms with van der Waals surface area (Å²) in [6.07, 6.45) is 0. The molecule has 0 saturated heterocycles. The molecule has 0 unspecified atom stereocenters. The average molecular weight is 456 g/mol. The van der Waals surface area contributed by atoms with E-state index in [1.165, 1.54) is 0 Å². The lowest BCUT2D eigenvalue weighted by Gasteiger charge is -2.24. The molecule has 0 aliphatic carbocycles. The van der Waals surface area contributed by atoms with Crippen molar-refractivity contribution in [3.05, 3.63) is 103 Å². The molecule has 0 bridgehead atoms. The van der Waals surface area contributed by atoms with Crippen molar-refractivity contribution in [2.75, 3.05) is 0 Å². The monoisotopic (exact) mass is 456 g/mol. The van der Waals surface area contributed by atoms with Crippen LogP contribution in [0.3, 0.4) is 0 Å². The van der Waals surface area contributed by atoms with Gasteiger partial charge >= 0.3 is 5.51 Å². The van der Waals surface area contributed by atoms with Gasteiger partial charge in [-0.2, -0.15) is 17.6 Å². The van der Waals surface area contributed by atoms with Crippen LogP contribution in [0.2, 0.25) is 0 Å². The van der Waals surface area contributed by atoms with Gasteiger partial charge in [-0.1, -0.05) is 54.6 Å². The first-order valence-electron chi connectivity index (χ1n) is 8.44. The topological polar surface area (TPSA) is 57.2 Å². The minimum atomic E-state index is -6.09. The predicted octanol–water partition coefficient (Wildman–Crippen LogP) is 4.47. The molecule has 0 atom stereocenters. The zero-order valence-electron chi connectivity index (χ0n) is 15.5. The molecule has 3 nitrogen and oxygen atoms in total. The Bertz CT molecular complexity index is 975. The maximum absolute atomic E-state index is 14.9. The van der Waals surface area contributed by atoms with Crippen molar-refractivity contribution < 1.29 is 30.5 Å². The second kappa shape index (κ2) is 9.51. The molecule has 0 amide bonds. The van der Waals surface area contributed by atoms with Crippen molar-refractivity contribution in [2.45, 2.75) is 5.51 Å². The summed E-state index contributed by atoms with van der Waals surface area (Å²) in [7, 11) is -8.58. The molecule has 0 radical (unpaired) electrons. The highest BCUT2D eigenvalue weighted by molar-refractivity contribution is 7.98. The Morgan fingerprint density at radius 2 is 0.967 bits per heavy atom. The maximum Gasteiger partial charge on any atom is 0.485 e. The van der Waals surface area contributed by atoms with Crippen LogP contribution in [-0.4, -0.2) is 18.5 Å². The number of halogens is 4. The van der Waals surface area contributed by atoms with Crippen molar-refractivity contribution in [2.24, 2.45) is 0 Å². The molecule has 0 aliphatic rings. The van der Waals surface area contributed by atoms with Gasteiger partial charge in [-0.3, -0.25) is 0 Å². The zero-order chi connectivity index (χ0) is 22.4. The number of benzene rings is 3. The van der Waals surface area contributed by atoms with Gasteiger partial charge in [0.2, 0.25) is 5.57 Å². The first kappa shape index (κ1) is 23.7. The molecule has 0 aromatic heterocycles. The molecule has 0 saturated carbocycles. The van der Waals surface area contributed by atoms with Crippen molar-refractivity contribution >= 4 is 33.3 Å². The fourth-order valence-electron chi connectivity index (χ4n) is 2.82. The number of alkyl halides is 3. The van der Waals surface area contributed by atoms with Crippen LogP contribution in [0.1, 0.15) is 0 Å². The molecule has 158 valence electrons. The molecule has 30 heavy (non-hydrogen) atoms. The Balaban J connectivity index is 0.000000343. The highest BCUT2D eigenvalue weighted by atomic mass is 32.2. The highest BCUT2D eigenvalue weighted by Gasteiger charge is 2.49. The fourth-order valence-corrected chi connectivity index (χ4v) is 6.42. The van der Waals surface area contributed by atoms with E-state index in [4.69, 9.17) is 13.0 Å². The third-order valence-corrected chi connectivity index (χ3v) is 8.59. The minimum absolute atomic E-state index is 0.268. The SMILES string of the molecule is C=C(F)[P+](c1ccccc1)(c1ccccc1)c1ccccc1.O=S(=O)([O-])C(F)(F)F. The van der Waals surface area contributed by atoms with E-state index in [2.05, 4.69) is 6.58 Å². The largest absolute Gasteiger partial charge is 0.741 e. The molecule has 3 aromatic carbocycles. The molecule has 0 N–H and O–H groups in total. The lowest BCUT2D eigenvalue weighted by Crippen LogP contribution is -2.31. The molecule has 9 heteroatoms. The van der Waals surface area contributed by atoms with Crippen LogP contribution >= 0.6 is 7.26 Å². The average Bonchev–Trinajstić information content (AvgIpc) is 2.70. The van der Waals surface area contributed by atoms with E-state index in [0.29, 0.717) is 0 Å². The molecular weight excluding hydrogens is 439 g/mol. The van der Waals surface area contributed by atoms with Gasteiger partial charge < -0.3 is 4.55 Å². The standard InChI is InChI=1S/C20H17FP.CHF3O3S/c1-17(21)22(18-11-5-2-6-12-18,19-13-7-3-8-14-19)20-15-9-4-10-16-20;2-1(3,4)8(5,6)7/h2-16H,1H2;(H,5,6,7)/q+1;/p-1. The zero-order valence-corrected chi connectivity index (χ0v) is 17.2. The minimum Gasteiger partial charge on any atom is -0.741 e. The van der Waals surface area contributed by atoms with Crippen LogP contribution in [0.5, 0.6) is 0 Å². The van der Waals surface area contributed by atoms with Crippen LogP contribution in [0.4, 0.5) is 17.6 Å².